The first kappa shape index (κ1) is 12.0. The van der Waals surface area contributed by atoms with Crippen LogP contribution in [0, 0.1) is 6.92 Å². The van der Waals surface area contributed by atoms with Crippen molar-refractivity contribution in [1.82, 2.24) is 19.9 Å². The van der Waals surface area contributed by atoms with Gasteiger partial charge >= 0.3 is 0 Å². The summed E-state index contributed by atoms with van der Waals surface area (Å²) in [5, 5.41) is 3.68. The van der Waals surface area contributed by atoms with E-state index >= 15 is 0 Å². The molecule has 1 aliphatic heterocycles. The molecule has 0 saturated carbocycles. The maximum Gasteiger partial charge on any atom is 0.295 e. The predicted octanol–water partition coefficient (Wildman–Crippen LogP) is 0.544. The van der Waals surface area contributed by atoms with Crippen molar-refractivity contribution in [2.45, 2.75) is 25.8 Å². The molecule has 6 heteroatoms. The number of nitrogens with zero attached hydrogens (tertiary/aromatic N) is 4. The molecule has 1 fully saturated rings. The summed E-state index contributed by atoms with van der Waals surface area (Å²) in [5.41, 5.74) is 0. The zero-order chi connectivity index (χ0) is 12.4. The minimum absolute atomic E-state index is 0.119. The van der Waals surface area contributed by atoms with E-state index < -0.39 is 0 Å². The predicted molar refractivity (Wildman–Crippen MR) is 61.6 cm³/mol. The molecule has 0 radical (unpaired) electrons. The van der Waals surface area contributed by atoms with Gasteiger partial charge in [-0.15, -0.1) is 0 Å². The van der Waals surface area contributed by atoms with Gasteiger partial charge in [0.05, 0.1) is 0 Å². The normalized spacial score (nSPS) is 20.2. The van der Waals surface area contributed by atoms with Gasteiger partial charge in [0.25, 0.3) is 11.7 Å². The maximum absolute atomic E-state index is 12.2. The molecule has 0 bridgehead atoms. The number of likely N-dealkylation sites (tertiary alicyclic amines) is 1. The third-order valence-corrected chi connectivity index (χ3v) is 2.93. The van der Waals surface area contributed by atoms with Crippen LogP contribution in [0.5, 0.6) is 0 Å². The highest BCUT2D eigenvalue weighted by Crippen LogP contribution is 2.19. The summed E-state index contributed by atoms with van der Waals surface area (Å²) in [6, 6.07) is 0.260. The number of hydrogen-bond donors (Lipinski definition) is 0. The van der Waals surface area contributed by atoms with Crippen LogP contribution in [-0.2, 0) is 0 Å². The summed E-state index contributed by atoms with van der Waals surface area (Å²) in [4.78, 5) is 20.1. The molecule has 1 aromatic rings. The van der Waals surface area contributed by atoms with Crippen molar-refractivity contribution in [2.75, 3.05) is 27.2 Å². The molecule has 1 aliphatic rings. The Morgan fingerprint density at radius 1 is 1.59 bits per heavy atom. The number of likely N-dealkylation sites (N-methyl/N-ethyl adjacent to an activating group) is 1. The number of rotatable bonds is 3. The molecule has 0 aromatic carbocycles. The van der Waals surface area contributed by atoms with Gasteiger partial charge in [0.15, 0.2) is 0 Å². The molecule has 2 heterocycles. The van der Waals surface area contributed by atoms with E-state index in [4.69, 9.17) is 4.52 Å². The molecule has 6 nitrogen and oxygen atoms in total. The van der Waals surface area contributed by atoms with E-state index in [1.807, 2.05) is 19.0 Å². The van der Waals surface area contributed by atoms with Gasteiger partial charge < -0.3 is 14.3 Å². The number of carbonyl (C=O) groups excluding carboxylic acids is 1. The van der Waals surface area contributed by atoms with E-state index in [-0.39, 0.29) is 17.8 Å². The van der Waals surface area contributed by atoms with Gasteiger partial charge in [-0.1, -0.05) is 5.16 Å². The van der Waals surface area contributed by atoms with E-state index in [1.54, 1.807) is 6.92 Å². The Balaban J connectivity index is 2.08. The second-order valence-corrected chi connectivity index (χ2v) is 4.69. The molecule has 1 aromatic heterocycles. The summed E-state index contributed by atoms with van der Waals surface area (Å²) in [5.74, 6) is 0.482. The number of hydrogen-bond acceptors (Lipinski definition) is 5. The van der Waals surface area contributed by atoms with Crippen LogP contribution in [0.1, 0.15) is 29.4 Å². The minimum atomic E-state index is -0.119. The lowest BCUT2D eigenvalue weighted by molar-refractivity contribution is 0.0701. The smallest absolute Gasteiger partial charge is 0.295 e. The zero-order valence-corrected chi connectivity index (χ0v) is 10.5. The van der Waals surface area contributed by atoms with E-state index in [9.17, 15) is 4.79 Å². The van der Waals surface area contributed by atoms with Crippen LogP contribution in [-0.4, -0.2) is 59.1 Å². The van der Waals surface area contributed by atoms with Crippen LogP contribution < -0.4 is 0 Å². The van der Waals surface area contributed by atoms with Crippen LogP contribution in [0.2, 0.25) is 0 Å². The average Bonchev–Trinajstić information content (AvgIpc) is 2.85. The van der Waals surface area contributed by atoms with Crippen molar-refractivity contribution in [3.8, 4) is 0 Å². The molecule has 0 N–H and O–H groups in total. The van der Waals surface area contributed by atoms with Crippen LogP contribution in [0.25, 0.3) is 0 Å². The van der Waals surface area contributed by atoms with Gasteiger partial charge in [0, 0.05) is 26.1 Å². The third kappa shape index (κ3) is 2.63. The van der Waals surface area contributed by atoms with Crippen LogP contribution >= 0.6 is 0 Å². The van der Waals surface area contributed by atoms with Gasteiger partial charge in [-0.2, -0.15) is 4.98 Å². The first-order valence-electron chi connectivity index (χ1n) is 5.84. The quantitative estimate of drug-likeness (QED) is 0.769. The lowest BCUT2D eigenvalue weighted by atomic mass is 10.2. The van der Waals surface area contributed by atoms with Crippen molar-refractivity contribution >= 4 is 5.91 Å². The highest BCUT2D eigenvalue weighted by molar-refractivity contribution is 5.90. The van der Waals surface area contributed by atoms with Crippen molar-refractivity contribution < 1.29 is 9.32 Å². The molecule has 1 atom stereocenters. The molecular formula is C11H18N4O2. The van der Waals surface area contributed by atoms with E-state index in [2.05, 4.69) is 15.0 Å². The SMILES string of the molecule is Cc1nc(C(=O)N2CCCC2CN(C)C)no1. The Hall–Kier alpha value is -1.43. The third-order valence-electron chi connectivity index (χ3n) is 2.93. The zero-order valence-electron chi connectivity index (χ0n) is 10.5. The van der Waals surface area contributed by atoms with Gasteiger partial charge in [0.2, 0.25) is 5.89 Å². The average molecular weight is 238 g/mol. The molecule has 17 heavy (non-hydrogen) atoms. The Bertz CT molecular complexity index is 402. The molecule has 0 spiro atoms. The Morgan fingerprint density at radius 2 is 2.35 bits per heavy atom. The highest BCUT2D eigenvalue weighted by Gasteiger charge is 2.31. The number of carbonyl (C=O) groups is 1. The van der Waals surface area contributed by atoms with Crippen LogP contribution in [0.15, 0.2) is 4.52 Å². The van der Waals surface area contributed by atoms with E-state index in [0.29, 0.717) is 5.89 Å². The summed E-state index contributed by atoms with van der Waals surface area (Å²) in [6.45, 7) is 3.35. The fourth-order valence-electron chi connectivity index (χ4n) is 2.23. The molecular weight excluding hydrogens is 220 g/mol. The monoisotopic (exact) mass is 238 g/mol. The van der Waals surface area contributed by atoms with Crippen molar-refractivity contribution in [3.63, 3.8) is 0 Å². The number of aromatic nitrogens is 2. The first-order chi connectivity index (χ1) is 8.08. The van der Waals surface area contributed by atoms with Crippen molar-refractivity contribution in [2.24, 2.45) is 0 Å². The number of aryl methyl sites for hydroxylation is 1. The topological polar surface area (TPSA) is 62.5 Å². The first-order valence-corrected chi connectivity index (χ1v) is 5.84. The largest absolute Gasteiger partial charge is 0.339 e. The van der Waals surface area contributed by atoms with Gasteiger partial charge in [0.1, 0.15) is 0 Å². The molecule has 94 valence electrons. The van der Waals surface area contributed by atoms with Crippen LogP contribution in [0.4, 0.5) is 0 Å². The fourth-order valence-corrected chi connectivity index (χ4v) is 2.23. The fraction of sp³-hybridized carbons (Fsp3) is 0.727. The van der Waals surface area contributed by atoms with Crippen molar-refractivity contribution in [1.29, 1.82) is 0 Å². The minimum Gasteiger partial charge on any atom is -0.339 e. The Morgan fingerprint density at radius 3 is 2.94 bits per heavy atom. The maximum atomic E-state index is 12.2. The second-order valence-electron chi connectivity index (χ2n) is 4.69. The molecule has 1 amide bonds. The summed E-state index contributed by atoms with van der Waals surface area (Å²) in [6.07, 6.45) is 2.09. The lowest BCUT2D eigenvalue weighted by Crippen LogP contribution is -2.41. The van der Waals surface area contributed by atoms with Gasteiger partial charge in [-0.3, -0.25) is 4.79 Å². The van der Waals surface area contributed by atoms with Crippen molar-refractivity contribution in [3.05, 3.63) is 11.7 Å². The molecule has 0 aliphatic carbocycles. The Labute approximate surface area is 101 Å². The summed E-state index contributed by atoms with van der Waals surface area (Å²) in [7, 11) is 4.03. The summed E-state index contributed by atoms with van der Waals surface area (Å²) < 4.78 is 4.84. The molecule has 2 rings (SSSR count). The highest BCUT2D eigenvalue weighted by atomic mass is 16.5. The summed E-state index contributed by atoms with van der Waals surface area (Å²) >= 11 is 0. The Kier molecular flexibility index (Phi) is 3.42. The molecule has 1 unspecified atom stereocenters. The van der Waals surface area contributed by atoms with Gasteiger partial charge in [-0.25, -0.2) is 0 Å². The number of amides is 1. The standard InChI is InChI=1S/C11H18N4O2/c1-8-12-10(13-17-8)11(16)15-6-4-5-9(15)7-14(2)3/h9H,4-7H2,1-3H3. The van der Waals surface area contributed by atoms with Crippen LogP contribution in [0.3, 0.4) is 0 Å². The van der Waals surface area contributed by atoms with E-state index in [1.165, 1.54) is 0 Å². The lowest BCUT2D eigenvalue weighted by Gasteiger charge is -2.25. The second kappa shape index (κ2) is 4.83. The van der Waals surface area contributed by atoms with Gasteiger partial charge in [-0.05, 0) is 26.9 Å². The van der Waals surface area contributed by atoms with E-state index in [0.717, 1.165) is 25.9 Å². The molecule has 1 saturated heterocycles.